The van der Waals surface area contributed by atoms with E-state index in [4.69, 9.17) is 27.6 Å². The maximum absolute atomic E-state index is 12.4. The second-order valence-electron chi connectivity index (χ2n) is 5.19. The molecule has 0 aliphatic carbocycles. The third kappa shape index (κ3) is 3.52. The highest BCUT2D eigenvalue weighted by Gasteiger charge is 2.18. The summed E-state index contributed by atoms with van der Waals surface area (Å²) in [6.07, 6.45) is 0. The first-order valence-electron chi connectivity index (χ1n) is 7.19. The van der Waals surface area contributed by atoms with Crippen LogP contribution >= 0.6 is 45.9 Å². The third-order valence-corrected chi connectivity index (χ3v) is 6.07. The summed E-state index contributed by atoms with van der Waals surface area (Å²) in [5.74, 6) is -0.339. The Kier molecular flexibility index (Phi) is 4.56. The lowest BCUT2D eigenvalue weighted by Gasteiger charge is -1.96. The predicted molar refractivity (Wildman–Crippen MR) is 104 cm³/mol. The molecule has 3 aromatic heterocycles. The molecular weight excluding hydrogens is 435 g/mol. The molecule has 0 aliphatic heterocycles. The normalized spacial score (nSPS) is 11.0. The molecule has 0 saturated carbocycles. The van der Waals surface area contributed by atoms with Crippen LogP contribution in [0.25, 0.3) is 21.5 Å². The fourth-order valence-electron chi connectivity index (χ4n) is 2.28. The van der Waals surface area contributed by atoms with E-state index in [1.807, 2.05) is 0 Å². The van der Waals surface area contributed by atoms with Crippen LogP contribution in [-0.2, 0) is 0 Å². The van der Waals surface area contributed by atoms with Crippen molar-refractivity contribution >= 4 is 73.6 Å². The van der Waals surface area contributed by atoms with E-state index in [0.717, 1.165) is 16.0 Å². The summed E-state index contributed by atoms with van der Waals surface area (Å²) < 4.78 is 7.02. The van der Waals surface area contributed by atoms with Crippen molar-refractivity contribution in [3.63, 3.8) is 0 Å². The van der Waals surface area contributed by atoms with Crippen molar-refractivity contribution in [2.45, 2.75) is 0 Å². The summed E-state index contributed by atoms with van der Waals surface area (Å²) >= 11 is 14.3. The van der Waals surface area contributed by atoms with Crippen LogP contribution in [0.2, 0.25) is 8.67 Å². The number of carbonyl (C=O) groups is 1. The minimum absolute atomic E-state index is 0.0416. The number of hydrogen-bond donors (Lipinski definition) is 1. The number of nitrogens with zero attached hydrogens (tertiary/aromatic N) is 3. The Hall–Kier alpha value is -2.53. The number of fused-ring (bicyclic) bond motifs is 1. The van der Waals surface area contributed by atoms with E-state index in [9.17, 15) is 14.9 Å². The quantitative estimate of drug-likeness (QED) is 0.332. The summed E-state index contributed by atoms with van der Waals surface area (Å²) in [5.41, 5.74) is 0.439. The van der Waals surface area contributed by atoms with E-state index in [2.05, 4.69) is 15.5 Å². The fourth-order valence-corrected chi connectivity index (χ4v) is 4.67. The largest absolute Gasteiger partial charge is 0.403 e. The molecule has 0 bridgehead atoms. The molecule has 3 heterocycles. The number of nitro groups is 1. The molecule has 0 unspecified atom stereocenters. The van der Waals surface area contributed by atoms with Crippen LogP contribution in [0.3, 0.4) is 0 Å². The maximum atomic E-state index is 12.4. The fraction of sp³-hybridized carbons (Fsp3) is 0. The van der Waals surface area contributed by atoms with Gasteiger partial charge in [-0.15, -0.1) is 27.8 Å². The summed E-state index contributed by atoms with van der Waals surface area (Å²) in [4.78, 5) is 23.1. The average molecular weight is 441 g/mol. The number of amides is 1. The Balaban J connectivity index is 1.56. The van der Waals surface area contributed by atoms with Gasteiger partial charge in [-0.25, -0.2) is 0 Å². The SMILES string of the molecule is O=C(Nc1nnc(-c2cc(Cl)sc2Cl)o1)c1cc2cc([N+](=O)[O-])ccc2s1. The van der Waals surface area contributed by atoms with Gasteiger partial charge in [0.25, 0.3) is 17.5 Å². The highest BCUT2D eigenvalue weighted by atomic mass is 35.5. The number of non-ortho nitro benzene ring substituents is 1. The van der Waals surface area contributed by atoms with Gasteiger partial charge in [0, 0.05) is 22.2 Å². The van der Waals surface area contributed by atoms with E-state index in [1.165, 1.54) is 23.5 Å². The van der Waals surface area contributed by atoms with Gasteiger partial charge in [0.1, 0.15) is 4.34 Å². The Bertz CT molecular complexity index is 1200. The van der Waals surface area contributed by atoms with Gasteiger partial charge >= 0.3 is 6.01 Å². The number of carbonyl (C=O) groups excluding carboxylic acids is 1. The lowest BCUT2D eigenvalue weighted by molar-refractivity contribution is -0.384. The Morgan fingerprint density at radius 3 is 2.70 bits per heavy atom. The van der Waals surface area contributed by atoms with Crippen molar-refractivity contribution in [2.24, 2.45) is 0 Å². The molecule has 4 aromatic rings. The average Bonchev–Trinajstić information content (AvgIpc) is 3.32. The van der Waals surface area contributed by atoms with Crippen molar-refractivity contribution < 1.29 is 14.1 Å². The molecule has 0 saturated heterocycles. The molecule has 1 N–H and O–H groups in total. The number of nitrogens with one attached hydrogen (secondary N) is 1. The van der Waals surface area contributed by atoms with Gasteiger partial charge in [0.05, 0.1) is 19.7 Å². The molecule has 4 rings (SSSR count). The van der Waals surface area contributed by atoms with Crippen LogP contribution in [0.5, 0.6) is 0 Å². The van der Waals surface area contributed by atoms with Crippen LogP contribution in [0, 0.1) is 10.1 Å². The molecule has 1 aromatic carbocycles. The molecule has 136 valence electrons. The van der Waals surface area contributed by atoms with Gasteiger partial charge in [-0.2, -0.15) is 0 Å². The van der Waals surface area contributed by atoms with Gasteiger partial charge in [-0.1, -0.05) is 28.3 Å². The number of nitro benzene ring substituents is 1. The zero-order chi connectivity index (χ0) is 19.1. The highest BCUT2D eigenvalue weighted by molar-refractivity contribution is 7.21. The smallest absolute Gasteiger partial charge is 0.322 e. The zero-order valence-electron chi connectivity index (χ0n) is 12.9. The van der Waals surface area contributed by atoms with Crippen LogP contribution in [0.1, 0.15) is 9.67 Å². The van der Waals surface area contributed by atoms with E-state index in [1.54, 1.807) is 18.2 Å². The van der Waals surface area contributed by atoms with Gasteiger partial charge in [-0.05, 0) is 18.2 Å². The van der Waals surface area contributed by atoms with Crippen molar-refractivity contribution in [1.82, 2.24) is 10.2 Å². The van der Waals surface area contributed by atoms with Gasteiger partial charge in [-0.3, -0.25) is 20.2 Å². The standard InChI is InChI=1S/C15H6Cl2N4O4S2/c16-11-5-8(12(17)27-11)14-19-20-15(25-14)18-13(22)10-4-6-3-7(21(23)24)1-2-9(6)26-10/h1-5H,(H,18,20,22). The Morgan fingerprint density at radius 2 is 2.00 bits per heavy atom. The van der Waals surface area contributed by atoms with E-state index in [0.29, 0.717) is 24.5 Å². The number of benzene rings is 1. The summed E-state index contributed by atoms with van der Waals surface area (Å²) in [6.45, 7) is 0. The number of thiophene rings is 2. The number of anilines is 1. The van der Waals surface area contributed by atoms with Gasteiger partial charge in [0.15, 0.2) is 0 Å². The van der Waals surface area contributed by atoms with Gasteiger partial charge < -0.3 is 4.42 Å². The molecule has 0 fully saturated rings. The number of aromatic nitrogens is 2. The summed E-state index contributed by atoms with van der Waals surface area (Å²) in [7, 11) is 0. The van der Waals surface area contributed by atoms with Crippen LogP contribution in [-0.4, -0.2) is 21.0 Å². The van der Waals surface area contributed by atoms with Crippen molar-refractivity contribution in [2.75, 3.05) is 5.32 Å². The first-order valence-corrected chi connectivity index (χ1v) is 9.57. The summed E-state index contributed by atoms with van der Waals surface area (Å²) in [5, 5.41) is 21.6. The number of hydrogen-bond acceptors (Lipinski definition) is 8. The van der Waals surface area contributed by atoms with Crippen molar-refractivity contribution in [3.05, 3.63) is 54.0 Å². The maximum Gasteiger partial charge on any atom is 0.322 e. The summed E-state index contributed by atoms with van der Waals surface area (Å²) in [6, 6.07) is 7.46. The zero-order valence-corrected chi connectivity index (χ0v) is 16.1. The first kappa shape index (κ1) is 17.9. The number of halogens is 2. The monoisotopic (exact) mass is 440 g/mol. The third-order valence-electron chi connectivity index (χ3n) is 3.47. The predicted octanol–water partition coefficient (Wildman–Crippen LogP) is 5.48. The molecule has 12 heteroatoms. The van der Waals surface area contributed by atoms with Crippen molar-refractivity contribution in [3.8, 4) is 11.5 Å². The Morgan fingerprint density at radius 1 is 1.19 bits per heavy atom. The lowest BCUT2D eigenvalue weighted by atomic mass is 10.2. The molecular formula is C15H6Cl2N4O4S2. The molecule has 1 amide bonds. The van der Waals surface area contributed by atoms with E-state index < -0.39 is 10.8 Å². The molecule has 27 heavy (non-hydrogen) atoms. The second kappa shape index (κ2) is 6.89. The van der Waals surface area contributed by atoms with Gasteiger partial charge in [0.2, 0.25) is 0 Å². The molecule has 8 nitrogen and oxygen atoms in total. The number of rotatable bonds is 4. The van der Waals surface area contributed by atoms with Crippen LogP contribution in [0.4, 0.5) is 11.7 Å². The van der Waals surface area contributed by atoms with Crippen LogP contribution < -0.4 is 5.32 Å². The molecule has 0 aliphatic rings. The lowest BCUT2D eigenvalue weighted by Crippen LogP contribution is -2.10. The molecule has 0 atom stereocenters. The minimum Gasteiger partial charge on any atom is -0.403 e. The minimum atomic E-state index is -0.487. The first-order chi connectivity index (χ1) is 12.9. The van der Waals surface area contributed by atoms with Crippen LogP contribution in [0.15, 0.2) is 34.7 Å². The molecule has 0 radical (unpaired) electrons. The molecule has 0 spiro atoms. The highest BCUT2D eigenvalue weighted by Crippen LogP contribution is 2.38. The van der Waals surface area contributed by atoms with Crippen molar-refractivity contribution in [1.29, 1.82) is 0 Å². The van der Waals surface area contributed by atoms with E-state index in [-0.39, 0.29) is 17.6 Å². The Labute approximate surface area is 168 Å². The second-order valence-corrected chi connectivity index (χ2v) is 8.56. The van der Waals surface area contributed by atoms with E-state index >= 15 is 0 Å². The topological polar surface area (TPSA) is 111 Å².